The Kier molecular flexibility index (Phi) is 7.33. The van der Waals surface area contributed by atoms with Crippen LogP contribution >= 0.6 is 23.1 Å². The third-order valence-corrected chi connectivity index (χ3v) is 9.79. The highest BCUT2D eigenvalue weighted by Gasteiger charge is 2.57. The van der Waals surface area contributed by atoms with Gasteiger partial charge in [0, 0.05) is 41.0 Å². The number of hydrogen-bond acceptors (Lipinski definition) is 9. The fraction of sp³-hybridized carbons (Fsp3) is 0.179. The fourth-order valence-corrected chi connectivity index (χ4v) is 8.04. The molecule has 0 aliphatic carbocycles. The number of nitro benzene ring substituents is 1. The molecule has 3 atom stereocenters. The maximum Gasteiger partial charge on any atom is 0.416 e. The van der Waals surface area contributed by atoms with Crippen LogP contribution in [-0.4, -0.2) is 37.4 Å². The number of imide groups is 1. The molecule has 1 N–H and O–H groups in total. The van der Waals surface area contributed by atoms with Gasteiger partial charge < -0.3 is 5.32 Å². The predicted octanol–water partition coefficient (Wildman–Crippen LogP) is 4.67. The van der Waals surface area contributed by atoms with Gasteiger partial charge in [0.1, 0.15) is 11.8 Å². The Morgan fingerprint density at radius 2 is 1.80 bits per heavy atom. The number of nitro groups is 1. The first kappa shape index (κ1) is 29.3. The van der Waals surface area contributed by atoms with Crippen molar-refractivity contribution >= 4 is 57.9 Å². The number of hydrogen-bond donors (Lipinski definition) is 1. The Morgan fingerprint density at radius 3 is 2.45 bits per heavy atom. The number of carbonyl (C=O) groups is 3. The van der Waals surface area contributed by atoms with Gasteiger partial charge in [-0.15, -0.1) is 0 Å². The standard InChI is InChI=1S/C28H18F3N5O6S2/c29-28(30,31)15-4-1-5-16(11-15)33-19(37)13-34-26-23(44-27(34)40)20(14-3-2-10-32-12-14)21-22(43-26)25(39)35(24(21)38)17-6-8-18(9-7-17)36(41)42/h1-12,20-22H,13H2,(H,33,37)/t20-,21?,22?/m0/s1. The van der Waals surface area contributed by atoms with Gasteiger partial charge in [0.25, 0.3) is 5.69 Å². The molecule has 6 rings (SSSR count). The van der Waals surface area contributed by atoms with Gasteiger partial charge in [-0.3, -0.25) is 38.8 Å². The number of halogens is 3. The Morgan fingerprint density at radius 1 is 1.05 bits per heavy atom. The third-order valence-electron chi connectivity index (χ3n) is 7.19. The molecular weight excluding hydrogens is 623 g/mol. The molecule has 44 heavy (non-hydrogen) atoms. The Labute approximate surface area is 253 Å². The summed E-state index contributed by atoms with van der Waals surface area (Å²) in [6, 6.07) is 12.4. The summed E-state index contributed by atoms with van der Waals surface area (Å²) >= 11 is 1.75. The van der Waals surface area contributed by atoms with Gasteiger partial charge in [0.2, 0.25) is 17.7 Å². The lowest BCUT2D eigenvalue weighted by Gasteiger charge is -2.30. The normalized spacial score (nSPS) is 19.4. The molecule has 2 aromatic heterocycles. The highest BCUT2D eigenvalue weighted by Crippen LogP contribution is 2.53. The number of rotatable bonds is 6. The zero-order chi connectivity index (χ0) is 31.3. The molecule has 0 spiro atoms. The lowest BCUT2D eigenvalue weighted by atomic mass is 9.84. The minimum absolute atomic E-state index is 0.113. The minimum Gasteiger partial charge on any atom is -0.325 e. The molecule has 0 bridgehead atoms. The van der Waals surface area contributed by atoms with Crippen LogP contribution in [0.4, 0.5) is 30.2 Å². The monoisotopic (exact) mass is 641 g/mol. The molecule has 2 aliphatic heterocycles. The number of thioether (sulfide) groups is 1. The summed E-state index contributed by atoms with van der Waals surface area (Å²) in [5, 5.41) is 12.8. The highest BCUT2D eigenvalue weighted by atomic mass is 32.2. The summed E-state index contributed by atoms with van der Waals surface area (Å²) < 4.78 is 40.5. The number of fused-ring (bicyclic) bond motifs is 2. The van der Waals surface area contributed by atoms with Crippen LogP contribution < -0.4 is 15.1 Å². The van der Waals surface area contributed by atoms with Gasteiger partial charge in [0.05, 0.1) is 27.1 Å². The van der Waals surface area contributed by atoms with Crippen molar-refractivity contribution in [3.63, 3.8) is 0 Å². The van der Waals surface area contributed by atoms with E-state index in [1.165, 1.54) is 42.7 Å². The first-order valence-electron chi connectivity index (χ1n) is 12.8. The van der Waals surface area contributed by atoms with Crippen LogP contribution in [-0.2, 0) is 27.1 Å². The van der Waals surface area contributed by atoms with Crippen LogP contribution in [0.25, 0.3) is 0 Å². The zero-order valence-corrected chi connectivity index (χ0v) is 23.7. The lowest BCUT2D eigenvalue weighted by molar-refractivity contribution is -0.384. The number of pyridine rings is 1. The van der Waals surface area contributed by atoms with Crippen molar-refractivity contribution in [1.29, 1.82) is 0 Å². The van der Waals surface area contributed by atoms with Crippen LogP contribution in [0, 0.1) is 16.0 Å². The highest BCUT2D eigenvalue weighted by molar-refractivity contribution is 8.00. The van der Waals surface area contributed by atoms with Crippen LogP contribution in [0.1, 0.15) is 21.9 Å². The van der Waals surface area contributed by atoms with Crippen molar-refractivity contribution in [3.8, 4) is 0 Å². The van der Waals surface area contributed by atoms with Crippen LogP contribution in [0.15, 0.2) is 82.9 Å². The average Bonchev–Trinajstić information content (AvgIpc) is 3.43. The van der Waals surface area contributed by atoms with E-state index in [0.29, 0.717) is 10.4 Å². The molecule has 4 aromatic rings. The number of alkyl halides is 3. The smallest absolute Gasteiger partial charge is 0.325 e. The van der Waals surface area contributed by atoms with Crippen LogP contribution in [0.5, 0.6) is 0 Å². The van der Waals surface area contributed by atoms with Crippen molar-refractivity contribution in [2.45, 2.75) is 28.9 Å². The number of aromatic nitrogens is 2. The van der Waals surface area contributed by atoms with Gasteiger partial charge in [-0.1, -0.05) is 35.2 Å². The molecular formula is C28H18F3N5O6S2. The van der Waals surface area contributed by atoms with Crippen molar-refractivity contribution in [2.75, 3.05) is 10.2 Å². The van der Waals surface area contributed by atoms with Gasteiger partial charge >= 0.3 is 11.0 Å². The molecule has 11 nitrogen and oxygen atoms in total. The fourth-order valence-electron chi connectivity index (χ4n) is 5.27. The van der Waals surface area contributed by atoms with Crippen molar-refractivity contribution in [3.05, 3.63) is 109 Å². The van der Waals surface area contributed by atoms with E-state index in [2.05, 4.69) is 10.3 Å². The number of carbonyl (C=O) groups excluding carboxylic acids is 3. The molecule has 1 fully saturated rings. The Hall–Kier alpha value is -4.83. The van der Waals surface area contributed by atoms with Crippen molar-refractivity contribution < 1.29 is 32.5 Å². The summed E-state index contributed by atoms with van der Waals surface area (Å²) in [5.74, 6) is -3.67. The number of amides is 3. The quantitative estimate of drug-likeness (QED) is 0.182. The van der Waals surface area contributed by atoms with Crippen molar-refractivity contribution in [1.82, 2.24) is 9.55 Å². The van der Waals surface area contributed by atoms with Gasteiger partial charge in [-0.2, -0.15) is 13.2 Å². The molecule has 2 aliphatic rings. The van der Waals surface area contributed by atoms with E-state index in [9.17, 15) is 42.5 Å². The molecule has 3 amide bonds. The topological polar surface area (TPSA) is 145 Å². The van der Waals surface area contributed by atoms with E-state index in [4.69, 9.17) is 0 Å². The SMILES string of the molecule is O=C(Cn1c2c(sc1=O)[C@@H](c1cccnc1)C1C(=O)N(c3ccc([N+](=O)[O-])cc3)C(=O)C1S2)Nc1cccc(C(F)(F)F)c1. The largest absolute Gasteiger partial charge is 0.416 e. The van der Waals surface area contributed by atoms with E-state index < -0.39 is 62.9 Å². The molecule has 1 saturated heterocycles. The van der Waals surface area contributed by atoms with E-state index in [1.807, 2.05) is 0 Å². The Balaban J connectivity index is 1.36. The first-order chi connectivity index (χ1) is 20.9. The van der Waals surface area contributed by atoms with Crippen LogP contribution in [0.3, 0.4) is 0 Å². The summed E-state index contributed by atoms with van der Waals surface area (Å²) in [6.07, 6.45) is -1.58. The summed E-state index contributed by atoms with van der Waals surface area (Å²) in [7, 11) is 0. The number of nitrogens with zero attached hydrogens (tertiary/aromatic N) is 4. The molecule has 2 unspecified atom stereocenters. The number of benzene rings is 2. The van der Waals surface area contributed by atoms with Crippen molar-refractivity contribution in [2.24, 2.45) is 5.92 Å². The molecule has 0 radical (unpaired) electrons. The Bertz CT molecular complexity index is 1880. The molecule has 4 heterocycles. The van der Waals surface area contributed by atoms with Crippen LogP contribution in [0.2, 0.25) is 0 Å². The number of non-ortho nitro benzene ring substituents is 1. The van der Waals surface area contributed by atoms with E-state index >= 15 is 0 Å². The van der Waals surface area contributed by atoms with E-state index in [-0.39, 0.29) is 22.1 Å². The maximum absolute atomic E-state index is 13.8. The minimum atomic E-state index is -4.62. The molecule has 16 heteroatoms. The number of nitrogens with one attached hydrogen (secondary N) is 1. The third kappa shape index (κ3) is 5.15. The lowest BCUT2D eigenvalue weighted by Crippen LogP contribution is -2.33. The maximum atomic E-state index is 13.8. The zero-order valence-electron chi connectivity index (χ0n) is 22.1. The van der Waals surface area contributed by atoms with Gasteiger partial charge in [-0.25, -0.2) is 4.90 Å². The summed E-state index contributed by atoms with van der Waals surface area (Å²) in [4.78, 5) is 69.2. The molecule has 2 aromatic carbocycles. The molecule has 0 saturated carbocycles. The number of thiazole rings is 1. The average molecular weight is 642 g/mol. The van der Waals surface area contributed by atoms with E-state index in [1.54, 1.807) is 12.1 Å². The second-order valence-corrected chi connectivity index (χ2v) is 12.0. The first-order valence-corrected chi connectivity index (χ1v) is 14.5. The second-order valence-electron chi connectivity index (χ2n) is 9.86. The van der Waals surface area contributed by atoms with Gasteiger partial charge in [-0.05, 0) is 42.0 Å². The second kappa shape index (κ2) is 11.0. The van der Waals surface area contributed by atoms with E-state index in [0.717, 1.165) is 50.8 Å². The number of anilines is 2. The summed E-state index contributed by atoms with van der Waals surface area (Å²) in [5.41, 5.74) is -0.590. The summed E-state index contributed by atoms with van der Waals surface area (Å²) in [6.45, 7) is -0.556. The molecule has 224 valence electrons. The van der Waals surface area contributed by atoms with Gasteiger partial charge in [0.15, 0.2) is 0 Å². The predicted molar refractivity (Wildman–Crippen MR) is 153 cm³/mol.